The van der Waals surface area contributed by atoms with E-state index in [0.717, 1.165) is 11.5 Å². The van der Waals surface area contributed by atoms with Crippen LogP contribution in [-0.2, 0) is 0 Å². The molecule has 0 aromatic heterocycles. The number of rotatable bonds is 5. The van der Waals surface area contributed by atoms with Gasteiger partial charge in [-0.05, 0) is 42.7 Å². The Morgan fingerprint density at radius 3 is 2.21 bits per heavy atom. The van der Waals surface area contributed by atoms with Gasteiger partial charge in [-0.1, -0.05) is 36.4 Å². The standard InChI is InChI=1S/C17H20OS/c1-13-8-14(2)10-17(9-13)18-11-16(12-19)15-6-4-3-5-7-15/h3-10,16,19H,11-12H2,1-2H3. The lowest BCUT2D eigenvalue weighted by Crippen LogP contribution is -2.12. The first-order chi connectivity index (χ1) is 9.19. The van der Waals surface area contributed by atoms with Crippen LogP contribution < -0.4 is 4.74 Å². The molecule has 1 atom stereocenters. The van der Waals surface area contributed by atoms with Gasteiger partial charge in [0.15, 0.2) is 0 Å². The maximum Gasteiger partial charge on any atom is 0.119 e. The summed E-state index contributed by atoms with van der Waals surface area (Å²) in [7, 11) is 0. The molecule has 2 rings (SSSR count). The second kappa shape index (κ2) is 6.67. The highest BCUT2D eigenvalue weighted by molar-refractivity contribution is 7.80. The van der Waals surface area contributed by atoms with E-state index in [2.05, 4.69) is 68.9 Å². The van der Waals surface area contributed by atoms with Gasteiger partial charge in [0.25, 0.3) is 0 Å². The van der Waals surface area contributed by atoms with Crippen LogP contribution in [0.3, 0.4) is 0 Å². The number of aryl methyl sites for hydroxylation is 2. The average molecular weight is 272 g/mol. The van der Waals surface area contributed by atoms with Gasteiger partial charge in [-0.3, -0.25) is 0 Å². The summed E-state index contributed by atoms with van der Waals surface area (Å²) in [5, 5.41) is 0. The molecule has 2 aromatic carbocycles. The van der Waals surface area contributed by atoms with Crippen LogP contribution in [0.2, 0.25) is 0 Å². The minimum absolute atomic E-state index is 0.324. The number of ether oxygens (including phenoxy) is 1. The van der Waals surface area contributed by atoms with E-state index in [4.69, 9.17) is 4.74 Å². The Morgan fingerprint density at radius 2 is 1.63 bits per heavy atom. The predicted octanol–water partition coefficient (Wildman–Crippen LogP) is 4.40. The number of hydrogen-bond acceptors (Lipinski definition) is 2. The topological polar surface area (TPSA) is 9.23 Å². The Kier molecular flexibility index (Phi) is 4.92. The molecule has 0 saturated carbocycles. The zero-order valence-corrected chi connectivity index (χ0v) is 12.4. The predicted molar refractivity (Wildman–Crippen MR) is 84.4 cm³/mol. The summed E-state index contributed by atoms with van der Waals surface area (Å²) in [5.74, 6) is 2.06. The van der Waals surface area contributed by atoms with Gasteiger partial charge in [0, 0.05) is 11.7 Å². The van der Waals surface area contributed by atoms with Crippen LogP contribution in [0.5, 0.6) is 5.75 Å². The molecule has 1 unspecified atom stereocenters. The maximum atomic E-state index is 5.93. The van der Waals surface area contributed by atoms with E-state index < -0.39 is 0 Å². The molecular formula is C17H20OS. The first-order valence-electron chi connectivity index (χ1n) is 6.56. The Morgan fingerprint density at radius 1 is 1.00 bits per heavy atom. The van der Waals surface area contributed by atoms with Crippen LogP contribution in [-0.4, -0.2) is 12.4 Å². The smallest absolute Gasteiger partial charge is 0.119 e. The van der Waals surface area contributed by atoms with Crippen molar-refractivity contribution in [1.29, 1.82) is 0 Å². The van der Waals surface area contributed by atoms with Crippen LogP contribution in [0, 0.1) is 13.8 Å². The van der Waals surface area contributed by atoms with Crippen molar-refractivity contribution in [3.63, 3.8) is 0 Å². The van der Waals surface area contributed by atoms with Gasteiger partial charge in [-0.2, -0.15) is 12.6 Å². The van der Waals surface area contributed by atoms with Gasteiger partial charge in [0.1, 0.15) is 5.75 Å². The summed E-state index contributed by atoms with van der Waals surface area (Å²) in [5.41, 5.74) is 3.75. The minimum atomic E-state index is 0.324. The quantitative estimate of drug-likeness (QED) is 0.794. The van der Waals surface area contributed by atoms with E-state index in [-0.39, 0.29) is 0 Å². The molecule has 2 aromatic rings. The molecular weight excluding hydrogens is 252 g/mol. The third-order valence-corrected chi connectivity index (χ3v) is 3.58. The van der Waals surface area contributed by atoms with Crippen molar-refractivity contribution in [1.82, 2.24) is 0 Å². The fraction of sp³-hybridized carbons (Fsp3) is 0.294. The molecule has 0 bridgehead atoms. The van der Waals surface area contributed by atoms with Crippen LogP contribution in [0.25, 0.3) is 0 Å². The van der Waals surface area contributed by atoms with Gasteiger partial charge >= 0.3 is 0 Å². The highest BCUT2D eigenvalue weighted by Crippen LogP contribution is 2.21. The Bertz CT molecular complexity index is 502. The SMILES string of the molecule is Cc1cc(C)cc(OCC(CS)c2ccccc2)c1. The third-order valence-electron chi connectivity index (χ3n) is 3.14. The minimum Gasteiger partial charge on any atom is -0.493 e. The molecule has 0 saturated heterocycles. The van der Waals surface area contributed by atoms with Crippen LogP contribution in [0.1, 0.15) is 22.6 Å². The lowest BCUT2D eigenvalue weighted by Gasteiger charge is -2.16. The normalized spacial score (nSPS) is 12.2. The molecule has 2 heteroatoms. The molecule has 0 heterocycles. The monoisotopic (exact) mass is 272 g/mol. The molecule has 100 valence electrons. The average Bonchev–Trinajstić information content (AvgIpc) is 2.39. The molecule has 0 amide bonds. The molecule has 0 spiro atoms. The fourth-order valence-corrected chi connectivity index (χ4v) is 2.51. The summed E-state index contributed by atoms with van der Waals surface area (Å²) in [4.78, 5) is 0. The lowest BCUT2D eigenvalue weighted by molar-refractivity contribution is 0.297. The van der Waals surface area contributed by atoms with Crippen molar-refractivity contribution in [3.8, 4) is 5.75 Å². The van der Waals surface area contributed by atoms with E-state index >= 15 is 0 Å². The second-order valence-electron chi connectivity index (χ2n) is 4.92. The van der Waals surface area contributed by atoms with Gasteiger partial charge in [0.2, 0.25) is 0 Å². The first-order valence-corrected chi connectivity index (χ1v) is 7.19. The highest BCUT2D eigenvalue weighted by Gasteiger charge is 2.10. The number of hydrogen-bond donors (Lipinski definition) is 1. The fourth-order valence-electron chi connectivity index (χ4n) is 2.19. The van der Waals surface area contributed by atoms with Crippen molar-refractivity contribution in [2.24, 2.45) is 0 Å². The van der Waals surface area contributed by atoms with Crippen molar-refractivity contribution < 1.29 is 4.74 Å². The molecule has 19 heavy (non-hydrogen) atoms. The summed E-state index contributed by atoms with van der Waals surface area (Å²) in [6, 6.07) is 16.7. The van der Waals surface area contributed by atoms with E-state index in [1.165, 1.54) is 16.7 Å². The van der Waals surface area contributed by atoms with Crippen molar-refractivity contribution >= 4 is 12.6 Å². The molecule has 0 aliphatic rings. The zero-order chi connectivity index (χ0) is 13.7. The Labute approximate surface area is 121 Å². The molecule has 0 aliphatic heterocycles. The van der Waals surface area contributed by atoms with Crippen LogP contribution in [0.15, 0.2) is 48.5 Å². The maximum absolute atomic E-state index is 5.93. The van der Waals surface area contributed by atoms with E-state index in [1.54, 1.807) is 0 Å². The van der Waals surface area contributed by atoms with E-state index in [1.807, 2.05) is 6.07 Å². The van der Waals surface area contributed by atoms with Gasteiger partial charge in [0.05, 0.1) is 6.61 Å². The van der Waals surface area contributed by atoms with E-state index in [9.17, 15) is 0 Å². The van der Waals surface area contributed by atoms with Crippen molar-refractivity contribution in [2.75, 3.05) is 12.4 Å². The Hall–Kier alpha value is -1.41. The second-order valence-corrected chi connectivity index (χ2v) is 5.29. The molecule has 0 fully saturated rings. The van der Waals surface area contributed by atoms with Crippen LogP contribution in [0.4, 0.5) is 0 Å². The lowest BCUT2D eigenvalue weighted by atomic mass is 10.0. The van der Waals surface area contributed by atoms with E-state index in [0.29, 0.717) is 12.5 Å². The number of thiol groups is 1. The third kappa shape index (κ3) is 4.03. The van der Waals surface area contributed by atoms with Gasteiger partial charge in [-0.15, -0.1) is 0 Å². The largest absolute Gasteiger partial charge is 0.493 e. The zero-order valence-electron chi connectivity index (χ0n) is 11.5. The molecule has 0 N–H and O–H groups in total. The van der Waals surface area contributed by atoms with Gasteiger partial charge < -0.3 is 4.74 Å². The summed E-state index contributed by atoms with van der Waals surface area (Å²) in [6.45, 7) is 4.84. The van der Waals surface area contributed by atoms with Crippen LogP contribution >= 0.6 is 12.6 Å². The number of benzene rings is 2. The van der Waals surface area contributed by atoms with Crippen molar-refractivity contribution in [3.05, 3.63) is 65.2 Å². The molecule has 0 radical (unpaired) electrons. The highest BCUT2D eigenvalue weighted by atomic mass is 32.1. The summed E-state index contributed by atoms with van der Waals surface area (Å²) in [6.07, 6.45) is 0. The van der Waals surface area contributed by atoms with Gasteiger partial charge in [-0.25, -0.2) is 0 Å². The summed E-state index contributed by atoms with van der Waals surface area (Å²) < 4.78 is 5.93. The molecule has 1 nitrogen and oxygen atoms in total. The summed E-state index contributed by atoms with van der Waals surface area (Å²) >= 11 is 4.43. The van der Waals surface area contributed by atoms with Crippen molar-refractivity contribution in [2.45, 2.75) is 19.8 Å². The first kappa shape index (κ1) is 14.0. The Balaban J connectivity index is 2.04. The molecule has 0 aliphatic carbocycles.